The molecule has 0 radical (unpaired) electrons. The van der Waals surface area contributed by atoms with Gasteiger partial charge in [-0.25, -0.2) is 0 Å². The minimum absolute atomic E-state index is 0.0402. The third-order valence-corrected chi connectivity index (χ3v) is 4.91. The fraction of sp³-hybridized carbons (Fsp3) is 0.333. The van der Waals surface area contributed by atoms with Crippen molar-refractivity contribution in [2.75, 3.05) is 56.7 Å². The number of nitrogens with zero attached hydrogens (tertiary/aromatic N) is 2. The van der Waals surface area contributed by atoms with Gasteiger partial charge < -0.3 is 24.6 Å². The molecule has 1 saturated heterocycles. The van der Waals surface area contributed by atoms with Gasteiger partial charge in [-0.1, -0.05) is 18.2 Å². The van der Waals surface area contributed by atoms with Gasteiger partial charge in [0, 0.05) is 43.2 Å². The van der Waals surface area contributed by atoms with Crippen molar-refractivity contribution in [1.82, 2.24) is 4.90 Å². The fourth-order valence-corrected chi connectivity index (χ4v) is 3.26. The lowest BCUT2D eigenvalue weighted by Gasteiger charge is -2.28. The number of para-hydroxylation sites is 1. The molecule has 1 aliphatic heterocycles. The van der Waals surface area contributed by atoms with Crippen molar-refractivity contribution in [3.63, 3.8) is 0 Å². The van der Waals surface area contributed by atoms with Crippen LogP contribution in [0.3, 0.4) is 0 Å². The average molecular weight is 424 g/mol. The molecule has 2 amide bonds. The van der Waals surface area contributed by atoms with Gasteiger partial charge in [-0.05, 0) is 43.3 Å². The number of carbonyl (C=O) groups excluding carboxylic acids is 2. The first kappa shape index (κ1) is 22.4. The van der Waals surface area contributed by atoms with Gasteiger partial charge in [-0.15, -0.1) is 0 Å². The number of benzene rings is 2. The van der Waals surface area contributed by atoms with Gasteiger partial charge in [0.1, 0.15) is 5.75 Å². The highest BCUT2D eigenvalue weighted by Crippen LogP contribution is 2.20. The Morgan fingerprint density at radius 2 is 1.84 bits per heavy atom. The third-order valence-electron chi connectivity index (χ3n) is 4.91. The molecule has 0 bridgehead atoms. The number of nitrogens with one attached hydrogen (secondary N) is 1. The minimum atomic E-state index is -0.260. The molecule has 2 aromatic rings. The summed E-state index contributed by atoms with van der Waals surface area (Å²) < 4.78 is 10.9. The quantitative estimate of drug-likeness (QED) is 0.661. The second-order valence-electron chi connectivity index (χ2n) is 7.19. The molecular formula is C24H29N3O4. The molecule has 7 nitrogen and oxygen atoms in total. The summed E-state index contributed by atoms with van der Waals surface area (Å²) in [5.74, 6) is 0.206. The summed E-state index contributed by atoms with van der Waals surface area (Å²) in [6, 6.07) is 15.2. The predicted molar refractivity (Wildman–Crippen MR) is 122 cm³/mol. The summed E-state index contributed by atoms with van der Waals surface area (Å²) in [6.07, 6.45) is 3.15. The molecule has 0 aliphatic carbocycles. The van der Waals surface area contributed by atoms with Crippen molar-refractivity contribution >= 4 is 29.3 Å². The molecule has 7 heteroatoms. The molecule has 0 atom stereocenters. The van der Waals surface area contributed by atoms with Crippen molar-refractivity contribution in [3.05, 3.63) is 60.2 Å². The molecular weight excluding hydrogens is 394 g/mol. The number of rotatable bonds is 8. The molecule has 3 rings (SSSR count). The van der Waals surface area contributed by atoms with Crippen LogP contribution >= 0.6 is 0 Å². The molecule has 0 unspecified atom stereocenters. The molecule has 1 fully saturated rings. The molecule has 0 saturated carbocycles. The molecule has 0 spiro atoms. The first-order valence-electron chi connectivity index (χ1n) is 10.4. The maximum Gasteiger partial charge on any atom is 0.246 e. The normalized spacial score (nSPS) is 13.8. The Balaban J connectivity index is 1.51. The lowest BCUT2D eigenvalue weighted by atomic mass is 10.2. The Morgan fingerprint density at radius 1 is 1.13 bits per heavy atom. The van der Waals surface area contributed by atoms with Gasteiger partial charge in [-0.2, -0.15) is 0 Å². The predicted octanol–water partition coefficient (Wildman–Crippen LogP) is 3.03. The fourth-order valence-electron chi connectivity index (χ4n) is 3.26. The summed E-state index contributed by atoms with van der Waals surface area (Å²) in [5.41, 5.74) is 2.62. The topological polar surface area (TPSA) is 71.1 Å². The summed E-state index contributed by atoms with van der Waals surface area (Å²) in [5, 5.41) is 2.84. The van der Waals surface area contributed by atoms with E-state index in [0.717, 1.165) is 43.3 Å². The van der Waals surface area contributed by atoms with E-state index in [0.29, 0.717) is 12.3 Å². The number of anilines is 2. The zero-order chi connectivity index (χ0) is 22.1. The van der Waals surface area contributed by atoms with Crippen molar-refractivity contribution in [2.45, 2.75) is 6.92 Å². The van der Waals surface area contributed by atoms with Gasteiger partial charge in [0.25, 0.3) is 0 Å². The van der Waals surface area contributed by atoms with E-state index >= 15 is 0 Å². The van der Waals surface area contributed by atoms with Gasteiger partial charge in [0.2, 0.25) is 11.8 Å². The van der Waals surface area contributed by atoms with Gasteiger partial charge >= 0.3 is 0 Å². The summed E-state index contributed by atoms with van der Waals surface area (Å²) >= 11 is 0. The first-order valence-corrected chi connectivity index (χ1v) is 10.4. The maximum absolute atomic E-state index is 12.4. The van der Waals surface area contributed by atoms with Crippen LogP contribution in [0.15, 0.2) is 54.6 Å². The van der Waals surface area contributed by atoms with Crippen LogP contribution in [0.25, 0.3) is 6.08 Å². The number of likely N-dealkylation sites (N-methyl/N-ethyl adjacent to an activating group) is 1. The number of hydrogen-bond donors (Lipinski definition) is 1. The number of amides is 2. The zero-order valence-corrected chi connectivity index (χ0v) is 18.0. The van der Waals surface area contributed by atoms with Crippen LogP contribution in [0.1, 0.15) is 12.5 Å². The lowest BCUT2D eigenvalue weighted by molar-refractivity contribution is -0.129. The number of carbonyl (C=O) groups is 2. The van der Waals surface area contributed by atoms with Crippen LogP contribution < -0.4 is 15.0 Å². The van der Waals surface area contributed by atoms with Crippen LogP contribution in [0.4, 0.5) is 11.4 Å². The highest BCUT2D eigenvalue weighted by atomic mass is 16.5. The van der Waals surface area contributed by atoms with Crippen LogP contribution in [0.2, 0.25) is 0 Å². The van der Waals surface area contributed by atoms with E-state index in [1.807, 2.05) is 55.5 Å². The molecule has 1 aliphatic rings. The summed E-state index contributed by atoms with van der Waals surface area (Å²) in [6.45, 7) is 5.60. The second-order valence-corrected chi connectivity index (χ2v) is 7.19. The third kappa shape index (κ3) is 6.58. The van der Waals surface area contributed by atoms with Gasteiger partial charge in [-0.3, -0.25) is 9.59 Å². The summed E-state index contributed by atoms with van der Waals surface area (Å²) in [7, 11) is 1.60. The van der Waals surface area contributed by atoms with E-state index in [9.17, 15) is 9.59 Å². The van der Waals surface area contributed by atoms with Crippen molar-refractivity contribution in [1.29, 1.82) is 0 Å². The van der Waals surface area contributed by atoms with Crippen LogP contribution in [-0.4, -0.2) is 63.2 Å². The molecule has 1 heterocycles. The van der Waals surface area contributed by atoms with Crippen LogP contribution in [-0.2, 0) is 14.3 Å². The minimum Gasteiger partial charge on any atom is -0.493 e. The van der Waals surface area contributed by atoms with Gasteiger partial charge in [0.15, 0.2) is 0 Å². The van der Waals surface area contributed by atoms with E-state index in [1.54, 1.807) is 13.1 Å². The Hall–Kier alpha value is -3.32. The molecule has 0 aromatic heterocycles. The van der Waals surface area contributed by atoms with Crippen LogP contribution in [0.5, 0.6) is 5.75 Å². The van der Waals surface area contributed by atoms with E-state index in [1.165, 1.54) is 11.0 Å². The summed E-state index contributed by atoms with van der Waals surface area (Å²) in [4.78, 5) is 28.4. The standard InChI is InChI=1S/C24H29N3O4/c1-3-31-22-7-5-4-6-19(22)8-13-24(29)26(2)18-23(28)25-20-9-11-21(12-10-20)27-14-16-30-17-15-27/h4-13H,3,14-18H2,1-2H3,(H,25,28)/b13-8+. The van der Waals surface area contributed by atoms with E-state index in [4.69, 9.17) is 9.47 Å². The average Bonchev–Trinajstić information content (AvgIpc) is 2.79. The molecule has 164 valence electrons. The largest absolute Gasteiger partial charge is 0.493 e. The Kier molecular flexibility index (Phi) is 8.06. The van der Waals surface area contributed by atoms with E-state index in [-0.39, 0.29) is 18.4 Å². The van der Waals surface area contributed by atoms with Crippen molar-refractivity contribution in [2.24, 2.45) is 0 Å². The highest BCUT2D eigenvalue weighted by Gasteiger charge is 2.13. The Bertz CT molecular complexity index is 905. The molecule has 31 heavy (non-hydrogen) atoms. The molecule has 2 aromatic carbocycles. The smallest absolute Gasteiger partial charge is 0.246 e. The lowest BCUT2D eigenvalue weighted by Crippen LogP contribution is -2.36. The SMILES string of the molecule is CCOc1ccccc1/C=C/C(=O)N(C)CC(=O)Nc1ccc(N2CCOCC2)cc1. The zero-order valence-electron chi connectivity index (χ0n) is 18.0. The first-order chi connectivity index (χ1) is 15.1. The van der Waals surface area contributed by atoms with Crippen molar-refractivity contribution in [3.8, 4) is 5.75 Å². The number of ether oxygens (including phenoxy) is 2. The Morgan fingerprint density at radius 3 is 2.55 bits per heavy atom. The van der Waals surface area contributed by atoms with E-state index < -0.39 is 0 Å². The van der Waals surface area contributed by atoms with E-state index in [2.05, 4.69) is 10.2 Å². The molecule has 1 N–H and O–H groups in total. The number of hydrogen-bond acceptors (Lipinski definition) is 5. The number of morpholine rings is 1. The Labute approximate surface area is 183 Å². The van der Waals surface area contributed by atoms with Gasteiger partial charge in [0.05, 0.1) is 26.4 Å². The van der Waals surface area contributed by atoms with Crippen LogP contribution in [0, 0.1) is 0 Å². The monoisotopic (exact) mass is 423 g/mol. The maximum atomic E-state index is 12.4. The highest BCUT2D eigenvalue weighted by molar-refractivity contribution is 5.98. The second kappa shape index (κ2) is 11.2. The van der Waals surface area contributed by atoms with Crippen molar-refractivity contribution < 1.29 is 19.1 Å².